The van der Waals surface area contributed by atoms with Gasteiger partial charge in [-0.15, -0.1) is 0 Å². The van der Waals surface area contributed by atoms with E-state index in [-0.39, 0.29) is 18.9 Å². The highest BCUT2D eigenvalue weighted by molar-refractivity contribution is 5.72. The third kappa shape index (κ3) is 3.67. The number of fused-ring (bicyclic) bond motifs is 1. The standard InChI is InChI=1S/C16H12N2O6/c19-16(10-22-12-7-5-11(6-8-12)18(20)21)23-9-15-17-13-3-1-2-4-14(13)24-15/h1-8H,9-10H2. The zero-order valence-corrected chi connectivity index (χ0v) is 12.4. The van der Waals surface area contributed by atoms with Gasteiger partial charge < -0.3 is 13.9 Å². The molecule has 3 rings (SSSR count). The minimum absolute atomic E-state index is 0.0547. The Kier molecular flexibility index (Phi) is 4.37. The van der Waals surface area contributed by atoms with Gasteiger partial charge in [-0.2, -0.15) is 0 Å². The summed E-state index contributed by atoms with van der Waals surface area (Å²) in [4.78, 5) is 25.9. The summed E-state index contributed by atoms with van der Waals surface area (Å²) >= 11 is 0. The Labute approximate surface area is 135 Å². The number of nitro benzene ring substituents is 1. The molecule has 8 heteroatoms. The molecule has 0 saturated carbocycles. The van der Waals surface area contributed by atoms with Crippen LogP contribution in [-0.4, -0.2) is 22.5 Å². The fourth-order valence-corrected chi connectivity index (χ4v) is 1.97. The van der Waals surface area contributed by atoms with E-state index in [0.717, 1.165) is 0 Å². The summed E-state index contributed by atoms with van der Waals surface area (Å²) in [5.74, 6) is 0.0231. The molecule has 0 aliphatic heterocycles. The second-order valence-electron chi connectivity index (χ2n) is 4.78. The highest BCUT2D eigenvalue weighted by Gasteiger charge is 2.10. The number of hydrogen-bond donors (Lipinski definition) is 0. The third-order valence-corrected chi connectivity index (χ3v) is 3.10. The van der Waals surface area contributed by atoms with E-state index in [0.29, 0.717) is 22.7 Å². The summed E-state index contributed by atoms with van der Waals surface area (Å²) < 4.78 is 15.6. The van der Waals surface area contributed by atoms with E-state index in [2.05, 4.69) is 4.98 Å². The molecule has 0 fully saturated rings. The topological polar surface area (TPSA) is 105 Å². The summed E-state index contributed by atoms with van der Waals surface area (Å²) in [7, 11) is 0. The molecule has 0 bridgehead atoms. The Morgan fingerprint density at radius 2 is 1.92 bits per heavy atom. The van der Waals surface area contributed by atoms with Crippen LogP contribution in [0.15, 0.2) is 52.9 Å². The van der Waals surface area contributed by atoms with Crippen LogP contribution in [-0.2, 0) is 16.1 Å². The number of esters is 1. The molecule has 0 aliphatic rings. The summed E-state index contributed by atoms with van der Waals surface area (Å²) in [6.45, 7) is -0.421. The second-order valence-corrected chi connectivity index (χ2v) is 4.78. The molecule has 24 heavy (non-hydrogen) atoms. The van der Waals surface area contributed by atoms with Crippen molar-refractivity contribution < 1.29 is 23.6 Å². The molecule has 0 spiro atoms. The lowest BCUT2D eigenvalue weighted by atomic mass is 10.3. The fraction of sp³-hybridized carbons (Fsp3) is 0.125. The molecule has 0 atom stereocenters. The first kappa shape index (κ1) is 15.5. The zero-order chi connectivity index (χ0) is 16.9. The van der Waals surface area contributed by atoms with Crippen molar-refractivity contribution in [2.75, 3.05) is 6.61 Å². The Morgan fingerprint density at radius 3 is 2.62 bits per heavy atom. The van der Waals surface area contributed by atoms with E-state index in [4.69, 9.17) is 13.9 Å². The molecule has 122 valence electrons. The van der Waals surface area contributed by atoms with E-state index in [1.54, 1.807) is 12.1 Å². The van der Waals surface area contributed by atoms with Crippen LogP contribution >= 0.6 is 0 Å². The predicted molar refractivity (Wildman–Crippen MR) is 82.4 cm³/mol. The molecule has 0 N–H and O–H groups in total. The Morgan fingerprint density at radius 1 is 1.17 bits per heavy atom. The van der Waals surface area contributed by atoms with Gasteiger partial charge in [-0.3, -0.25) is 10.1 Å². The van der Waals surface area contributed by atoms with Crippen molar-refractivity contribution in [3.8, 4) is 5.75 Å². The summed E-state index contributed by atoms with van der Waals surface area (Å²) in [5.41, 5.74) is 1.25. The van der Waals surface area contributed by atoms with Crippen LogP contribution in [0.25, 0.3) is 11.1 Å². The van der Waals surface area contributed by atoms with Crippen LogP contribution in [0, 0.1) is 10.1 Å². The normalized spacial score (nSPS) is 10.5. The van der Waals surface area contributed by atoms with Crippen molar-refractivity contribution >= 4 is 22.8 Å². The van der Waals surface area contributed by atoms with Gasteiger partial charge in [0.25, 0.3) is 5.69 Å². The summed E-state index contributed by atoms with van der Waals surface area (Å²) in [5, 5.41) is 10.5. The van der Waals surface area contributed by atoms with Crippen LogP contribution in [0.4, 0.5) is 5.69 Å². The van der Waals surface area contributed by atoms with Gasteiger partial charge in [0, 0.05) is 12.1 Å². The minimum atomic E-state index is -0.601. The molecule has 0 saturated heterocycles. The number of carbonyl (C=O) groups excluding carboxylic acids is 1. The highest BCUT2D eigenvalue weighted by Crippen LogP contribution is 2.17. The SMILES string of the molecule is O=C(COc1ccc([N+](=O)[O-])cc1)OCc1nc2ccccc2o1. The quantitative estimate of drug-likeness (QED) is 0.389. The molecular weight excluding hydrogens is 316 g/mol. The number of ether oxygens (including phenoxy) is 2. The molecule has 0 amide bonds. The van der Waals surface area contributed by atoms with Gasteiger partial charge in [0.05, 0.1) is 4.92 Å². The van der Waals surface area contributed by atoms with E-state index in [9.17, 15) is 14.9 Å². The Bertz CT molecular complexity index is 839. The lowest BCUT2D eigenvalue weighted by Gasteiger charge is -2.05. The number of rotatable bonds is 6. The average Bonchev–Trinajstić information content (AvgIpc) is 3.01. The van der Waals surface area contributed by atoms with E-state index in [1.807, 2.05) is 12.1 Å². The smallest absolute Gasteiger partial charge is 0.344 e. The van der Waals surface area contributed by atoms with Gasteiger partial charge >= 0.3 is 5.97 Å². The minimum Gasteiger partial charge on any atom is -0.482 e. The van der Waals surface area contributed by atoms with Gasteiger partial charge in [-0.25, -0.2) is 9.78 Å². The number of non-ortho nitro benzene ring substituents is 1. The lowest BCUT2D eigenvalue weighted by Crippen LogP contribution is -2.14. The van der Waals surface area contributed by atoms with Crippen molar-refractivity contribution in [1.29, 1.82) is 0 Å². The van der Waals surface area contributed by atoms with Gasteiger partial charge in [-0.1, -0.05) is 12.1 Å². The summed E-state index contributed by atoms with van der Waals surface area (Å²) in [6, 6.07) is 12.6. The first-order valence-electron chi connectivity index (χ1n) is 6.99. The fourth-order valence-electron chi connectivity index (χ4n) is 1.97. The lowest BCUT2D eigenvalue weighted by molar-refractivity contribution is -0.384. The van der Waals surface area contributed by atoms with Gasteiger partial charge in [0.1, 0.15) is 11.3 Å². The van der Waals surface area contributed by atoms with Gasteiger partial charge in [0.15, 0.2) is 18.8 Å². The summed E-state index contributed by atoms with van der Waals surface area (Å²) in [6.07, 6.45) is 0. The van der Waals surface area contributed by atoms with Crippen molar-refractivity contribution in [3.05, 3.63) is 64.5 Å². The van der Waals surface area contributed by atoms with Crippen molar-refractivity contribution in [2.24, 2.45) is 0 Å². The maximum Gasteiger partial charge on any atom is 0.344 e. The number of hydrogen-bond acceptors (Lipinski definition) is 7. The molecule has 1 heterocycles. The van der Waals surface area contributed by atoms with Crippen LogP contribution in [0.3, 0.4) is 0 Å². The molecular formula is C16H12N2O6. The largest absolute Gasteiger partial charge is 0.482 e. The number of para-hydroxylation sites is 2. The van der Waals surface area contributed by atoms with Crippen molar-refractivity contribution in [1.82, 2.24) is 4.98 Å². The van der Waals surface area contributed by atoms with Gasteiger partial charge in [0.2, 0.25) is 5.89 Å². The number of benzene rings is 2. The van der Waals surface area contributed by atoms with Crippen molar-refractivity contribution in [3.63, 3.8) is 0 Å². The highest BCUT2D eigenvalue weighted by atomic mass is 16.6. The molecule has 8 nitrogen and oxygen atoms in total. The monoisotopic (exact) mass is 328 g/mol. The Balaban J connectivity index is 1.49. The van der Waals surface area contributed by atoms with Crippen molar-refractivity contribution in [2.45, 2.75) is 6.61 Å². The first-order chi connectivity index (χ1) is 11.6. The van der Waals surface area contributed by atoms with Gasteiger partial charge in [-0.05, 0) is 24.3 Å². The second kappa shape index (κ2) is 6.78. The molecule has 3 aromatic rings. The molecule has 0 unspecified atom stereocenters. The Hall–Kier alpha value is -3.42. The van der Waals surface area contributed by atoms with E-state index >= 15 is 0 Å². The number of aromatic nitrogens is 1. The zero-order valence-electron chi connectivity index (χ0n) is 12.4. The molecule has 0 radical (unpaired) electrons. The van der Waals surface area contributed by atoms with E-state index in [1.165, 1.54) is 24.3 Å². The average molecular weight is 328 g/mol. The van der Waals surface area contributed by atoms with Crippen LogP contribution in [0.1, 0.15) is 5.89 Å². The predicted octanol–water partition coefficient (Wildman–Crippen LogP) is 2.86. The van der Waals surface area contributed by atoms with Crippen LogP contribution in [0.5, 0.6) is 5.75 Å². The first-order valence-corrected chi connectivity index (χ1v) is 6.99. The maximum atomic E-state index is 11.7. The number of carbonyl (C=O) groups is 1. The number of nitrogens with zero attached hydrogens (tertiary/aromatic N) is 2. The van der Waals surface area contributed by atoms with Crippen LogP contribution in [0.2, 0.25) is 0 Å². The van der Waals surface area contributed by atoms with Crippen LogP contribution < -0.4 is 4.74 Å². The van der Waals surface area contributed by atoms with E-state index < -0.39 is 10.9 Å². The third-order valence-electron chi connectivity index (χ3n) is 3.10. The molecule has 2 aromatic carbocycles. The molecule has 1 aromatic heterocycles. The maximum absolute atomic E-state index is 11.7. The number of nitro groups is 1. The number of oxazole rings is 1. The molecule has 0 aliphatic carbocycles.